The molecule has 0 aromatic carbocycles. The zero-order valence-corrected chi connectivity index (χ0v) is 12.8. The van der Waals surface area contributed by atoms with E-state index in [0.29, 0.717) is 13.2 Å². The molecule has 1 heterocycles. The van der Waals surface area contributed by atoms with E-state index in [2.05, 4.69) is 5.32 Å². The molecule has 1 fully saturated rings. The molecule has 3 atom stereocenters. The van der Waals surface area contributed by atoms with Crippen molar-refractivity contribution >= 4 is 11.8 Å². The molecule has 2 amide bonds. The summed E-state index contributed by atoms with van der Waals surface area (Å²) in [6.45, 7) is 10.8. The number of amides is 2. The van der Waals surface area contributed by atoms with Crippen LogP contribution in [0, 0.1) is 11.3 Å². The molecule has 1 aliphatic heterocycles. The number of hydrogen-bond acceptors (Lipinski definition) is 3. The minimum atomic E-state index is -0.453. The molecule has 19 heavy (non-hydrogen) atoms. The second-order valence-electron chi connectivity index (χ2n) is 6.53. The van der Waals surface area contributed by atoms with E-state index in [1.807, 2.05) is 27.7 Å². The van der Waals surface area contributed by atoms with E-state index in [0.717, 1.165) is 0 Å². The Balaban J connectivity index is 2.87. The summed E-state index contributed by atoms with van der Waals surface area (Å²) in [6, 6.07) is -0.864. The van der Waals surface area contributed by atoms with Gasteiger partial charge in [-0.2, -0.15) is 0 Å². The lowest BCUT2D eigenvalue weighted by Gasteiger charge is -2.43. The third kappa shape index (κ3) is 3.69. The number of piperazine rings is 1. The highest BCUT2D eigenvalue weighted by Crippen LogP contribution is 2.25. The normalized spacial score (nSPS) is 26.3. The van der Waals surface area contributed by atoms with Crippen molar-refractivity contribution in [1.82, 2.24) is 10.2 Å². The Morgan fingerprint density at radius 3 is 2.42 bits per heavy atom. The fourth-order valence-corrected chi connectivity index (χ4v) is 2.33. The van der Waals surface area contributed by atoms with Crippen molar-refractivity contribution in [3.8, 4) is 0 Å². The third-order valence-corrected chi connectivity index (χ3v) is 3.49. The first kappa shape index (κ1) is 16.0. The van der Waals surface area contributed by atoms with Crippen LogP contribution in [0.5, 0.6) is 0 Å². The van der Waals surface area contributed by atoms with Crippen molar-refractivity contribution in [2.24, 2.45) is 11.3 Å². The molecule has 0 radical (unpaired) electrons. The van der Waals surface area contributed by atoms with Crippen LogP contribution >= 0.6 is 0 Å². The van der Waals surface area contributed by atoms with Crippen molar-refractivity contribution in [1.29, 1.82) is 0 Å². The number of carbonyl (C=O) groups is 2. The maximum atomic E-state index is 12.5. The molecular formula is C14H26N2O3. The Kier molecular flexibility index (Phi) is 4.96. The average molecular weight is 270 g/mol. The van der Waals surface area contributed by atoms with Gasteiger partial charge in [-0.15, -0.1) is 0 Å². The number of rotatable bonds is 4. The predicted molar refractivity (Wildman–Crippen MR) is 73.6 cm³/mol. The molecule has 0 spiro atoms. The van der Waals surface area contributed by atoms with Gasteiger partial charge in [0.1, 0.15) is 12.1 Å². The first-order valence-corrected chi connectivity index (χ1v) is 6.78. The van der Waals surface area contributed by atoms with E-state index in [1.165, 1.54) is 0 Å². The van der Waals surface area contributed by atoms with E-state index in [4.69, 9.17) is 4.74 Å². The molecule has 1 rings (SSSR count). The number of hydrogen-bond donors (Lipinski definition) is 1. The van der Waals surface area contributed by atoms with Gasteiger partial charge in [0.05, 0.1) is 6.61 Å². The van der Waals surface area contributed by atoms with Gasteiger partial charge < -0.3 is 15.0 Å². The number of methoxy groups -OCH3 is 1. The van der Waals surface area contributed by atoms with E-state index in [9.17, 15) is 9.59 Å². The fourth-order valence-electron chi connectivity index (χ4n) is 2.33. The Labute approximate surface area is 115 Å². The second kappa shape index (κ2) is 5.90. The molecule has 0 aromatic heterocycles. The largest absolute Gasteiger partial charge is 0.384 e. The molecule has 1 aliphatic rings. The van der Waals surface area contributed by atoms with Crippen LogP contribution < -0.4 is 5.32 Å². The van der Waals surface area contributed by atoms with Gasteiger partial charge in [-0.3, -0.25) is 9.59 Å². The maximum Gasteiger partial charge on any atom is 0.246 e. The highest BCUT2D eigenvalue weighted by Gasteiger charge is 2.43. The van der Waals surface area contributed by atoms with Gasteiger partial charge in [0.2, 0.25) is 11.8 Å². The monoisotopic (exact) mass is 270 g/mol. The maximum absolute atomic E-state index is 12.5. The molecular weight excluding hydrogens is 244 g/mol. The summed E-state index contributed by atoms with van der Waals surface area (Å²) in [7, 11) is 1.64. The summed E-state index contributed by atoms with van der Waals surface area (Å²) < 4.78 is 5.10. The molecule has 0 aliphatic carbocycles. The molecule has 0 bridgehead atoms. The van der Waals surface area contributed by atoms with Crippen LogP contribution in [0.3, 0.4) is 0 Å². The van der Waals surface area contributed by atoms with Gasteiger partial charge in [-0.1, -0.05) is 27.7 Å². The van der Waals surface area contributed by atoms with Crippen LogP contribution in [0.15, 0.2) is 0 Å². The molecule has 3 unspecified atom stereocenters. The van der Waals surface area contributed by atoms with Crippen LogP contribution in [0.1, 0.15) is 34.6 Å². The lowest BCUT2D eigenvalue weighted by molar-refractivity contribution is -0.152. The summed E-state index contributed by atoms with van der Waals surface area (Å²) in [5, 5.41) is 2.83. The van der Waals surface area contributed by atoms with Gasteiger partial charge in [-0.25, -0.2) is 0 Å². The van der Waals surface area contributed by atoms with E-state index in [-0.39, 0.29) is 23.1 Å². The Hall–Kier alpha value is -1.10. The van der Waals surface area contributed by atoms with Crippen molar-refractivity contribution < 1.29 is 14.3 Å². The topological polar surface area (TPSA) is 58.6 Å². The minimum Gasteiger partial charge on any atom is -0.384 e. The predicted octanol–water partition coefficient (Wildman–Crippen LogP) is 1.03. The molecule has 110 valence electrons. The Morgan fingerprint density at radius 2 is 1.95 bits per heavy atom. The molecule has 5 nitrogen and oxygen atoms in total. The number of nitrogens with zero attached hydrogens (tertiary/aromatic N) is 1. The van der Waals surface area contributed by atoms with Crippen LogP contribution in [0.4, 0.5) is 0 Å². The van der Waals surface area contributed by atoms with E-state index < -0.39 is 12.1 Å². The fraction of sp³-hybridized carbons (Fsp3) is 0.857. The lowest BCUT2D eigenvalue weighted by Crippen LogP contribution is -2.66. The van der Waals surface area contributed by atoms with Gasteiger partial charge in [0.25, 0.3) is 0 Å². The van der Waals surface area contributed by atoms with Crippen molar-refractivity contribution in [2.45, 2.75) is 46.7 Å². The summed E-state index contributed by atoms with van der Waals surface area (Å²) in [4.78, 5) is 26.2. The molecule has 0 saturated carbocycles. The molecule has 0 aromatic rings. The van der Waals surface area contributed by atoms with Gasteiger partial charge in [0.15, 0.2) is 0 Å². The Bertz CT molecular complexity index is 349. The zero-order chi connectivity index (χ0) is 14.8. The standard InChI is InChI=1S/C14H26N2O3/c1-9(8-19-6)7-16-10(2)12(17)15-11(13(16)18)14(3,4)5/h9-11H,7-8H2,1-6H3,(H,15,17). The van der Waals surface area contributed by atoms with E-state index >= 15 is 0 Å². The number of nitrogens with one attached hydrogen (secondary N) is 1. The smallest absolute Gasteiger partial charge is 0.246 e. The average Bonchev–Trinajstić information content (AvgIpc) is 2.28. The van der Waals surface area contributed by atoms with Crippen molar-refractivity contribution in [3.63, 3.8) is 0 Å². The summed E-state index contributed by atoms with van der Waals surface area (Å²) in [5.74, 6) is 0.134. The van der Waals surface area contributed by atoms with Gasteiger partial charge in [-0.05, 0) is 18.3 Å². The SMILES string of the molecule is COCC(C)CN1C(=O)C(C(C)(C)C)NC(=O)C1C. The van der Waals surface area contributed by atoms with Crippen LogP contribution in [0.25, 0.3) is 0 Å². The molecule has 5 heteroatoms. The highest BCUT2D eigenvalue weighted by atomic mass is 16.5. The highest BCUT2D eigenvalue weighted by molar-refractivity contribution is 5.97. The molecule has 1 N–H and O–H groups in total. The van der Waals surface area contributed by atoms with Crippen LogP contribution in [0.2, 0.25) is 0 Å². The van der Waals surface area contributed by atoms with Gasteiger partial charge >= 0.3 is 0 Å². The zero-order valence-electron chi connectivity index (χ0n) is 12.8. The summed E-state index contributed by atoms with van der Waals surface area (Å²) in [6.07, 6.45) is 0. The Morgan fingerprint density at radius 1 is 1.37 bits per heavy atom. The first-order valence-electron chi connectivity index (χ1n) is 6.78. The number of carbonyl (C=O) groups excluding carboxylic acids is 2. The summed E-state index contributed by atoms with van der Waals surface area (Å²) in [5.41, 5.74) is -0.282. The molecule has 1 saturated heterocycles. The minimum absolute atomic E-state index is 0.00236. The van der Waals surface area contributed by atoms with Crippen molar-refractivity contribution in [3.05, 3.63) is 0 Å². The van der Waals surface area contributed by atoms with E-state index in [1.54, 1.807) is 18.9 Å². The quantitative estimate of drug-likeness (QED) is 0.830. The second-order valence-corrected chi connectivity index (χ2v) is 6.53. The lowest BCUT2D eigenvalue weighted by atomic mass is 9.84. The van der Waals surface area contributed by atoms with Crippen LogP contribution in [-0.2, 0) is 14.3 Å². The number of ether oxygens (including phenoxy) is 1. The van der Waals surface area contributed by atoms with Crippen molar-refractivity contribution in [2.75, 3.05) is 20.3 Å². The first-order chi connectivity index (χ1) is 8.68. The van der Waals surface area contributed by atoms with Crippen LogP contribution in [-0.4, -0.2) is 49.1 Å². The third-order valence-electron chi connectivity index (χ3n) is 3.49. The summed E-state index contributed by atoms with van der Waals surface area (Å²) >= 11 is 0. The van der Waals surface area contributed by atoms with Gasteiger partial charge in [0, 0.05) is 13.7 Å².